The summed E-state index contributed by atoms with van der Waals surface area (Å²) in [5.41, 5.74) is 1.17. The molecule has 0 unspecified atom stereocenters. The van der Waals surface area contributed by atoms with Crippen molar-refractivity contribution in [3.63, 3.8) is 0 Å². The zero-order chi connectivity index (χ0) is 17.8. The Morgan fingerprint density at radius 1 is 1.24 bits per heavy atom. The van der Waals surface area contributed by atoms with Gasteiger partial charge in [0.2, 0.25) is 5.91 Å². The number of likely N-dealkylation sites (tertiary alicyclic amines) is 1. The van der Waals surface area contributed by atoms with Gasteiger partial charge in [-0.1, -0.05) is 12.1 Å². The number of halogens is 2. The van der Waals surface area contributed by atoms with Gasteiger partial charge in [-0.3, -0.25) is 4.79 Å². The Morgan fingerprint density at radius 2 is 1.92 bits per heavy atom. The Morgan fingerprint density at radius 3 is 2.56 bits per heavy atom. The van der Waals surface area contributed by atoms with Crippen LogP contribution in [0.2, 0.25) is 0 Å². The van der Waals surface area contributed by atoms with Crippen LogP contribution < -0.4 is 5.32 Å². The number of rotatable bonds is 4. The maximum Gasteiger partial charge on any atom is 0.237 e. The number of nitrogens with zero attached hydrogens (tertiary/aromatic N) is 2. The molecule has 2 atom stereocenters. The van der Waals surface area contributed by atoms with Crippen LogP contribution >= 0.6 is 0 Å². The smallest absolute Gasteiger partial charge is 0.237 e. The number of amides is 1. The van der Waals surface area contributed by atoms with E-state index < -0.39 is 12.2 Å². The van der Waals surface area contributed by atoms with Gasteiger partial charge in [0.05, 0.1) is 19.2 Å². The summed E-state index contributed by atoms with van der Waals surface area (Å²) in [6.07, 6.45) is 2.90. The van der Waals surface area contributed by atoms with E-state index in [0.29, 0.717) is 5.92 Å². The van der Waals surface area contributed by atoms with Crippen molar-refractivity contribution in [3.8, 4) is 6.07 Å². The second-order valence-electron chi connectivity index (χ2n) is 7.00. The number of hydrogen-bond acceptors (Lipinski definition) is 3. The van der Waals surface area contributed by atoms with Crippen LogP contribution in [0.1, 0.15) is 43.6 Å². The molecule has 0 bridgehead atoms. The number of hydrogen-bond donors (Lipinski definition) is 1. The first kappa shape index (κ1) is 17.8. The maximum atomic E-state index is 13.4. The number of carbonyl (C=O) groups is 1. The average molecular weight is 347 g/mol. The highest BCUT2D eigenvalue weighted by Crippen LogP contribution is 2.32. The molecular formula is C19H23F2N3O. The van der Waals surface area contributed by atoms with Gasteiger partial charge in [0.1, 0.15) is 18.0 Å². The van der Waals surface area contributed by atoms with Gasteiger partial charge in [0, 0.05) is 12.5 Å². The lowest BCUT2D eigenvalue weighted by Gasteiger charge is -2.30. The third-order valence-corrected chi connectivity index (χ3v) is 5.33. The fraction of sp³-hybridized carbons (Fsp3) is 0.579. The first-order valence-corrected chi connectivity index (χ1v) is 8.89. The third-order valence-electron chi connectivity index (χ3n) is 5.33. The summed E-state index contributed by atoms with van der Waals surface area (Å²) in [4.78, 5) is 13.6. The minimum absolute atomic E-state index is 0.0239. The highest BCUT2D eigenvalue weighted by Gasteiger charge is 2.35. The van der Waals surface area contributed by atoms with Crippen molar-refractivity contribution in [2.75, 3.05) is 13.1 Å². The number of benzene rings is 1. The molecule has 1 amide bonds. The summed E-state index contributed by atoms with van der Waals surface area (Å²) in [5.74, 6) is 0.0151. The van der Waals surface area contributed by atoms with E-state index in [4.69, 9.17) is 5.26 Å². The molecule has 1 heterocycles. The van der Waals surface area contributed by atoms with Crippen LogP contribution in [0.3, 0.4) is 0 Å². The molecule has 1 aliphatic heterocycles. The lowest BCUT2D eigenvalue weighted by Crippen LogP contribution is -2.44. The highest BCUT2D eigenvalue weighted by atomic mass is 19.1. The van der Waals surface area contributed by atoms with E-state index in [9.17, 15) is 13.6 Å². The standard InChI is InChI=1S/C19H23F2N3O/c20-15-5-1-13(2-6-15)14-3-7-17(8-4-14)23-11-19(25)24-12-16(21)9-18(24)10-22/h1-2,5-6,14,16-18,23H,3-4,7-9,11-12H2/t14-,16-,17-,18-/m0/s1. The van der Waals surface area contributed by atoms with E-state index in [2.05, 4.69) is 5.32 Å². The molecule has 2 aliphatic rings. The Bertz CT molecular complexity index is 635. The normalized spacial score (nSPS) is 29.4. The molecule has 1 aliphatic carbocycles. The highest BCUT2D eigenvalue weighted by molar-refractivity contribution is 5.79. The average Bonchev–Trinajstić information content (AvgIpc) is 3.02. The molecule has 1 aromatic rings. The molecule has 1 saturated carbocycles. The van der Waals surface area contributed by atoms with Crippen molar-refractivity contribution in [1.29, 1.82) is 5.26 Å². The fourth-order valence-corrected chi connectivity index (χ4v) is 3.88. The van der Waals surface area contributed by atoms with Crippen molar-refractivity contribution >= 4 is 5.91 Å². The summed E-state index contributed by atoms with van der Waals surface area (Å²) in [5, 5.41) is 12.3. The van der Waals surface area contributed by atoms with Crippen molar-refractivity contribution < 1.29 is 13.6 Å². The van der Waals surface area contributed by atoms with Gasteiger partial charge < -0.3 is 10.2 Å². The minimum atomic E-state index is -1.10. The van der Waals surface area contributed by atoms with Crippen LogP contribution in [-0.2, 0) is 4.79 Å². The van der Waals surface area contributed by atoms with Crippen molar-refractivity contribution in [2.24, 2.45) is 0 Å². The SMILES string of the molecule is N#C[C@@H]1C[C@H](F)CN1C(=O)CN[C@H]1CC[C@H](c2ccc(F)cc2)CC1. The second-order valence-corrected chi connectivity index (χ2v) is 7.00. The lowest BCUT2D eigenvalue weighted by atomic mass is 9.82. The van der Waals surface area contributed by atoms with Crippen LogP contribution in [-0.4, -0.2) is 42.2 Å². The third kappa shape index (κ3) is 4.35. The van der Waals surface area contributed by atoms with E-state index in [0.717, 1.165) is 25.7 Å². The molecule has 1 saturated heterocycles. The molecule has 0 radical (unpaired) electrons. The van der Waals surface area contributed by atoms with Crippen LogP contribution in [0, 0.1) is 17.1 Å². The number of nitriles is 1. The largest absolute Gasteiger partial charge is 0.323 e. The summed E-state index contributed by atoms with van der Waals surface area (Å²) in [7, 11) is 0. The summed E-state index contributed by atoms with van der Waals surface area (Å²) >= 11 is 0. The van der Waals surface area contributed by atoms with Crippen LogP contribution in [0.5, 0.6) is 0 Å². The maximum absolute atomic E-state index is 13.4. The van der Waals surface area contributed by atoms with Gasteiger partial charge in [-0.15, -0.1) is 0 Å². The first-order chi connectivity index (χ1) is 12.1. The van der Waals surface area contributed by atoms with Gasteiger partial charge in [-0.05, 0) is 49.3 Å². The number of alkyl halides is 1. The van der Waals surface area contributed by atoms with Crippen molar-refractivity contribution in [3.05, 3.63) is 35.6 Å². The monoisotopic (exact) mass is 347 g/mol. The molecule has 2 fully saturated rings. The quantitative estimate of drug-likeness (QED) is 0.911. The molecule has 0 spiro atoms. The van der Waals surface area contributed by atoms with Gasteiger partial charge in [-0.2, -0.15) is 5.26 Å². The summed E-state index contributed by atoms with van der Waals surface area (Å²) in [6, 6.07) is 8.31. The number of nitrogens with one attached hydrogen (secondary N) is 1. The fourth-order valence-electron chi connectivity index (χ4n) is 3.88. The molecule has 25 heavy (non-hydrogen) atoms. The van der Waals surface area contributed by atoms with E-state index >= 15 is 0 Å². The Labute approximate surface area is 146 Å². The molecule has 4 nitrogen and oxygen atoms in total. The lowest BCUT2D eigenvalue weighted by molar-refractivity contribution is -0.130. The molecule has 1 aromatic carbocycles. The van der Waals surface area contributed by atoms with E-state index in [1.807, 2.05) is 18.2 Å². The van der Waals surface area contributed by atoms with Crippen LogP contribution in [0.25, 0.3) is 0 Å². The van der Waals surface area contributed by atoms with E-state index in [1.165, 1.54) is 22.6 Å². The topological polar surface area (TPSA) is 56.1 Å². The second kappa shape index (κ2) is 7.92. The van der Waals surface area contributed by atoms with E-state index in [1.54, 1.807) is 0 Å². The summed E-state index contributed by atoms with van der Waals surface area (Å²) in [6.45, 7) is 0.173. The van der Waals surface area contributed by atoms with Gasteiger partial charge in [0.25, 0.3) is 0 Å². The minimum Gasteiger partial charge on any atom is -0.323 e. The Kier molecular flexibility index (Phi) is 5.64. The molecule has 1 N–H and O–H groups in total. The van der Waals surface area contributed by atoms with Gasteiger partial charge in [0.15, 0.2) is 0 Å². The zero-order valence-electron chi connectivity index (χ0n) is 14.1. The molecule has 134 valence electrons. The van der Waals surface area contributed by atoms with E-state index in [-0.39, 0.29) is 37.3 Å². The van der Waals surface area contributed by atoms with Gasteiger partial charge >= 0.3 is 0 Å². The Balaban J connectivity index is 1.44. The number of carbonyl (C=O) groups excluding carboxylic acids is 1. The van der Waals surface area contributed by atoms with Crippen molar-refractivity contribution in [1.82, 2.24) is 10.2 Å². The molecule has 0 aromatic heterocycles. The van der Waals surface area contributed by atoms with Crippen LogP contribution in [0.4, 0.5) is 8.78 Å². The summed E-state index contributed by atoms with van der Waals surface area (Å²) < 4.78 is 26.4. The molecular weight excluding hydrogens is 324 g/mol. The molecule has 6 heteroatoms. The Hall–Kier alpha value is -2.00. The van der Waals surface area contributed by atoms with Gasteiger partial charge in [-0.25, -0.2) is 8.78 Å². The first-order valence-electron chi connectivity index (χ1n) is 8.89. The van der Waals surface area contributed by atoms with Crippen molar-refractivity contribution in [2.45, 2.75) is 56.3 Å². The zero-order valence-corrected chi connectivity index (χ0v) is 14.1. The predicted molar refractivity (Wildman–Crippen MR) is 90.0 cm³/mol. The molecule has 3 rings (SSSR count). The predicted octanol–water partition coefficient (Wildman–Crippen LogP) is 2.90. The van der Waals surface area contributed by atoms with Crippen LogP contribution in [0.15, 0.2) is 24.3 Å².